The molecule has 0 aliphatic carbocycles. The number of hydrogen-bond donors (Lipinski definition) is 1. The lowest BCUT2D eigenvalue weighted by molar-refractivity contribution is 0.0878. The first-order valence-corrected chi connectivity index (χ1v) is 10.8. The molecule has 1 aliphatic rings. The number of benzene rings is 2. The fourth-order valence-corrected chi connectivity index (χ4v) is 4.94. The highest BCUT2D eigenvalue weighted by Gasteiger charge is 2.32. The van der Waals surface area contributed by atoms with Crippen LogP contribution in [0.25, 0.3) is 10.9 Å². The summed E-state index contributed by atoms with van der Waals surface area (Å²) in [5, 5.41) is 4.39. The third-order valence-corrected chi connectivity index (χ3v) is 6.56. The Morgan fingerprint density at radius 3 is 2.67 bits per heavy atom. The van der Waals surface area contributed by atoms with E-state index in [1.165, 1.54) is 0 Å². The van der Waals surface area contributed by atoms with Crippen molar-refractivity contribution >= 4 is 34.4 Å². The molecule has 1 aliphatic heterocycles. The molecule has 6 heteroatoms. The molecule has 1 saturated heterocycles. The van der Waals surface area contributed by atoms with Crippen LogP contribution in [0.3, 0.4) is 0 Å². The van der Waals surface area contributed by atoms with E-state index in [4.69, 9.17) is 0 Å². The standard InChI is InChI=1S/C24H19N3O2S/c28-22(17-5-2-1-3-6-17)18-9-8-16-10-12-27(21(16)13-18)24(29)20-15-30-23(26-20)19-7-4-11-25-14-19/h1-14,20,23,26H,15H2/t20-,23+/m0/s1. The molecule has 4 aromatic rings. The van der Waals surface area contributed by atoms with Gasteiger partial charge >= 0.3 is 0 Å². The number of hydrogen-bond acceptors (Lipinski definition) is 5. The van der Waals surface area contributed by atoms with Gasteiger partial charge in [0.25, 0.3) is 0 Å². The minimum Gasteiger partial charge on any atom is -0.290 e. The number of nitrogens with one attached hydrogen (secondary N) is 1. The van der Waals surface area contributed by atoms with Crippen LogP contribution in [0.2, 0.25) is 0 Å². The molecule has 1 N–H and O–H groups in total. The molecule has 148 valence electrons. The van der Waals surface area contributed by atoms with Crippen LogP contribution in [-0.4, -0.2) is 33.0 Å². The quantitative estimate of drug-likeness (QED) is 0.505. The Hall–Kier alpha value is -3.22. The van der Waals surface area contributed by atoms with Gasteiger partial charge in [-0.15, -0.1) is 11.8 Å². The molecular formula is C24H19N3O2S. The van der Waals surface area contributed by atoms with Crippen molar-refractivity contribution in [1.29, 1.82) is 0 Å². The van der Waals surface area contributed by atoms with E-state index < -0.39 is 0 Å². The van der Waals surface area contributed by atoms with Crippen LogP contribution in [-0.2, 0) is 0 Å². The highest BCUT2D eigenvalue weighted by atomic mass is 32.2. The van der Waals surface area contributed by atoms with Crippen LogP contribution >= 0.6 is 11.8 Å². The van der Waals surface area contributed by atoms with Crippen molar-refractivity contribution in [2.24, 2.45) is 0 Å². The Morgan fingerprint density at radius 1 is 1.00 bits per heavy atom. The van der Waals surface area contributed by atoms with Gasteiger partial charge in [-0.25, -0.2) is 0 Å². The number of thioether (sulfide) groups is 1. The number of ketones is 1. The molecule has 0 unspecified atom stereocenters. The third kappa shape index (κ3) is 3.44. The maximum absolute atomic E-state index is 13.2. The molecule has 0 radical (unpaired) electrons. The Kier molecular flexibility index (Phi) is 4.94. The van der Waals surface area contributed by atoms with Gasteiger partial charge in [0.05, 0.1) is 16.9 Å². The molecular weight excluding hydrogens is 394 g/mol. The van der Waals surface area contributed by atoms with Crippen LogP contribution in [0.15, 0.2) is 85.3 Å². The molecule has 0 bridgehead atoms. The van der Waals surface area contributed by atoms with Crippen LogP contribution in [0.4, 0.5) is 0 Å². The molecule has 30 heavy (non-hydrogen) atoms. The summed E-state index contributed by atoms with van der Waals surface area (Å²) in [6.07, 6.45) is 5.35. The SMILES string of the molecule is O=C(c1ccccc1)c1ccc2ccn(C(=O)[C@@H]3CS[C@H](c4cccnc4)N3)c2c1. The maximum atomic E-state index is 13.2. The Bertz CT molecular complexity index is 1220. The summed E-state index contributed by atoms with van der Waals surface area (Å²) in [5.41, 5.74) is 3.02. The van der Waals surface area contributed by atoms with E-state index in [-0.39, 0.29) is 23.1 Å². The molecule has 2 aromatic heterocycles. The van der Waals surface area contributed by atoms with Crippen molar-refractivity contribution < 1.29 is 9.59 Å². The lowest BCUT2D eigenvalue weighted by Crippen LogP contribution is -2.37. The van der Waals surface area contributed by atoms with Crippen molar-refractivity contribution in [3.8, 4) is 0 Å². The zero-order chi connectivity index (χ0) is 20.5. The van der Waals surface area contributed by atoms with E-state index in [2.05, 4.69) is 10.3 Å². The molecule has 5 nitrogen and oxygen atoms in total. The van der Waals surface area contributed by atoms with E-state index in [0.717, 1.165) is 16.5 Å². The van der Waals surface area contributed by atoms with Crippen molar-refractivity contribution in [3.63, 3.8) is 0 Å². The molecule has 5 rings (SSSR count). The molecule has 0 saturated carbocycles. The van der Waals surface area contributed by atoms with E-state index >= 15 is 0 Å². The summed E-state index contributed by atoms with van der Waals surface area (Å²) >= 11 is 1.70. The summed E-state index contributed by atoms with van der Waals surface area (Å²) in [7, 11) is 0. The first-order chi connectivity index (χ1) is 14.7. The highest BCUT2D eigenvalue weighted by molar-refractivity contribution is 7.99. The molecule has 1 fully saturated rings. The molecule has 2 aromatic carbocycles. The Balaban J connectivity index is 1.42. The average Bonchev–Trinajstić information content (AvgIpc) is 3.46. The number of pyridine rings is 1. The number of rotatable bonds is 4. The Morgan fingerprint density at radius 2 is 1.87 bits per heavy atom. The summed E-state index contributed by atoms with van der Waals surface area (Å²) in [4.78, 5) is 30.2. The van der Waals surface area contributed by atoms with Gasteiger partial charge in [-0.3, -0.25) is 24.5 Å². The first kappa shape index (κ1) is 18.8. The van der Waals surface area contributed by atoms with Crippen LogP contribution in [0.5, 0.6) is 0 Å². The van der Waals surface area contributed by atoms with Gasteiger partial charge in [0, 0.05) is 40.9 Å². The zero-order valence-corrected chi connectivity index (χ0v) is 16.9. The predicted molar refractivity (Wildman–Crippen MR) is 119 cm³/mol. The van der Waals surface area contributed by atoms with Gasteiger partial charge in [-0.1, -0.05) is 48.5 Å². The van der Waals surface area contributed by atoms with Gasteiger partial charge < -0.3 is 0 Å². The number of fused-ring (bicyclic) bond motifs is 1. The predicted octanol–water partition coefficient (Wildman–Crippen LogP) is 4.31. The smallest absolute Gasteiger partial charge is 0.249 e. The minimum absolute atomic E-state index is 0.0202. The summed E-state index contributed by atoms with van der Waals surface area (Å²) in [6, 6.07) is 20.2. The Labute approximate surface area is 178 Å². The maximum Gasteiger partial charge on any atom is 0.249 e. The fourth-order valence-electron chi connectivity index (χ4n) is 3.72. The van der Waals surface area contributed by atoms with Gasteiger partial charge in [0.15, 0.2) is 5.78 Å². The summed E-state index contributed by atoms with van der Waals surface area (Å²) < 4.78 is 1.65. The van der Waals surface area contributed by atoms with Gasteiger partial charge in [0.1, 0.15) is 0 Å². The van der Waals surface area contributed by atoms with Crippen molar-refractivity contribution in [3.05, 3.63) is 102 Å². The van der Waals surface area contributed by atoms with Crippen LogP contribution < -0.4 is 5.32 Å². The van der Waals surface area contributed by atoms with Crippen molar-refractivity contribution in [1.82, 2.24) is 14.9 Å². The zero-order valence-electron chi connectivity index (χ0n) is 16.1. The van der Waals surface area contributed by atoms with E-state index in [9.17, 15) is 9.59 Å². The van der Waals surface area contributed by atoms with Crippen LogP contribution in [0, 0.1) is 0 Å². The third-order valence-electron chi connectivity index (χ3n) is 5.30. The summed E-state index contributed by atoms with van der Waals surface area (Å²) in [5.74, 6) is 0.609. The number of carbonyl (C=O) groups excluding carboxylic acids is 2. The van der Waals surface area contributed by atoms with E-state index in [1.807, 2.05) is 60.8 Å². The van der Waals surface area contributed by atoms with Crippen LogP contribution in [0.1, 0.15) is 31.7 Å². The molecule has 0 amide bonds. The van der Waals surface area contributed by atoms with E-state index in [0.29, 0.717) is 16.9 Å². The van der Waals surface area contributed by atoms with Crippen molar-refractivity contribution in [2.45, 2.75) is 11.4 Å². The number of carbonyl (C=O) groups is 2. The first-order valence-electron chi connectivity index (χ1n) is 9.73. The largest absolute Gasteiger partial charge is 0.290 e. The minimum atomic E-state index is -0.302. The van der Waals surface area contributed by atoms with Gasteiger partial charge in [0.2, 0.25) is 5.91 Å². The second kappa shape index (κ2) is 7.89. The monoisotopic (exact) mass is 413 g/mol. The number of aromatic nitrogens is 2. The fraction of sp³-hybridized carbons (Fsp3) is 0.125. The van der Waals surface area contributed by atoms with E-state index in [1.54, 1.807) is 40.9 Å². The second-order valence-corrected chi connectivity index (χ2v) is 8.35. The molecule has 0 spiro atoms. The molecule has 2 atom stereocenters. The van der Waals surface area contributed by atoms with Gasteiger partial charge in [-0.05, 0) is 23.8 Å². The second-order valence-electron chi connectivity index (χ2n) is 7.21. The summed E-state index contributed by atoms with van der Waals surface area (Å²) in [6.45, 7) is 0. The highest BCUT2D eigenvalue weighted by Crippen LogP contribution is 2.33. The van der Waals surface area contributed by atoms with Gasteiger partial charge in [-0.2, -0.15) is 0 Å². The molecule has 3 heterocycles. The normalized spacial score (nSPS) is 18.5. The topological polar surface area (TPSA) is 64.0 Å². The average molecular weight is 414 g/mol. The lowest BCUT2D eigenvalue weighted by Gasteiger charge is -2.14. The lowest BCUT2D eigenvalue weighted by atomic mass is 10.0. The van der Waals surface area contributed by atoms with Crippen molar-refractivity contribution in [2.75, 3.05) is 5.75 Å². The number of nitrogens with zero attached hydrogens (tertiary/aromatic N) is 2.